The van der Waals surface area contributed by atoms with Crippen LogP contribution in [0.2, 0.25) is 0 Å². The van der Waals surface area contributed by atoms with Crippen molar-refractivity contribution in [3.05, 3.63) is 22.5 Å². The lowest BCUT2D eigenvalue weighted by Crippen LogP contribution is -2.36. The predicted molar refractivity (Wildman–Crippen MR) is 103 cm³/mol. The Kier molecular flexibility index (Phi) is 9.21. The largest absolute Gasteiger partial charge is 0.461 e. The lowest BCUT2D eigenvalue weighted by molar-refractivity contribution is -0.130. The van der Waals surface area contributed by atoms with Crippen molar-refractivity contribution in [3.8, 4) is 0 Å². The summed E-state index contributed by atoms with van der Waals surface area (Å²) in [5.41, 5.74) is 2.15. The minimum atomic E-state index is -0.446. The monoisotopic (exact) mass is 380 g/mol. The van der Waals surface area contributed by atoms with Gasteiger partial charge < -0.3 is 18.9 Å². The number of carbonyl (C=O) groups excluding carboxylic acids is 3. The molecule has 0 N–H and O–H groups in total. The summed E-state index contributed by atoms with van der Waals surface area (Å²) in [6.45, 7) is 10.9. The first kappa shape index (κ1) is 22.9. The van der Waals surface area contributed by atoms with Gasteiger partial charge >= 0.3 is 5.97 Å². The van der Waals surface area contributed by atoms with Crippen LogP contribution < -0.4 is 0 Å². The fourth-order valence-electron chi connectivity index (χ4n) is 3.15. The third-order valence-corrected chi connectivity index (χ3v) is 4.59. The van der Waals surface area contributed by atoms with Crippen LogP contribution in [0.5, 0.6) is 0 Å². The van der Waals surface area contributed by atoms with Crippen LogP contribution in [0.3, 0.4) is 0 Å². The molecule has 0 spiro atoms. The Balaban J connectivity index is 3.03. The number of carbonyl (C=O) groups is 3. The van der Waals surface area contributed by atoms with E-state index in [-0.39, 0.29) is 24.8 Å². The number of ketones is 1. The molecule has 152 valence electrons. The van der Waals surface area contributed by atoms with E-state index >= 15 is 0 Å². The molecule has 1 heterocycles. The van der Waals surface area contributed by atoms with Crippen LogP contribution in [0.15, 0.2) is 0 Å². The molecule has 7 nitrogen and oxygen atoms in total. The zero-order valence-corrected chi connectivity index (χ0v) is 17.4. The van der Waals surface area contributed by atoms with E-state index < -0.39 is 5.97 Å². The van der Waals surface area contributed by atoms with Gasteiger partial charge in [0.1, 0.15) is 5.69 Å². The number of esters is 1. The number of hydrogen-bond donors (Lipinski definition) is 0. The number of ether oxygens (including phenoxy) is 2. The van der Waals surface area contributed by atoms with Crippen LogP contribution >= 0.6 is 0 Å². The molecule has 7 heteroatoms. The van der Waals surface area contributed by atoms with Gasteiger partial charge in [-0.2, -0.15) is 0 Å². The van der Waals surface area contributed by atoms with Crippen molar-refractivity contribution in [1.29, 1.82) is 0 Å². The minimum absolute atomic E-state index is 0.00719. The van der Waals surface area contributed by atoms with Gasteiger partial charge in [-0.15, -0.1) is 0 Å². The summed E-state index contributed by atoms with van der Waals surface area (Å²) in [6.07, 6.45) is 1.01. The van der Waals surface area contributed by atoms with Crippen molar-refractivity contribution in [3.63, 3.8) is 0 Å². The zero-order valence-electron chi connectivity index (χ0n) is 17.4. The Bertz CT molecular complexity index is 678. The number of Topliss-reactive ketones (excluding diaryl/α,β-unsaturated/α-hetero) is 1. The van der Waals surface area contributed by atoms with Crippen LogP contribution in [0, 0.1) is 13.8 Å². The van der Waals surface area contributed by atoms with Crippen LogP contribution in [0.4, 0.5) is 0 Å². The minimum Gasteiger partial charge on any atom is -0.461 e. The molecule has 1 aromatic rings. The van der Waals surface area contributed by atoms with Gasteiger partial charge in [0.05, 0.1) is 13.2 Å². The SMILES string of the molecule is CCOCCCN(CC(=O)c1c(C)c(C(=O)OCC)n(C)c1C)C(=O)CC. The highest BCUT2D eigenvalue weighted by Crippen LogP contribution is 2.23. The Morgan fingerprint density at radius 2 is 1.74 bits per heavy atom. The zero-order chi connectivity index (χ0) is 20.6. The highest BCUT2D eigenvalue weighted by molar-refractivity contribution is 6.04. The second-order valence-corrected chi connectivity index (χ2v) is 6.36. The highest BCUT2D eigenvalue weighted by atomic mass is 16.5. The normalized spacial score (nSPS) is 10.7. The first-order valence-electron chi connectivity index (χ1n) is 9.51. The van der Waals surface area contributed by atoms with Crippen molar-refractivity contribution in [2.45, 2.75) is 47.5 Å². The Hall–Kier alpha value is -2.15. The van der Waals surface area contributed by atoms with Gasteiger partial charge in [-0.25, -0.2) is 4.79 Å². The number of aromatic nitrogens is 1. The molecule has 0 atom stereocenters. The van der Waals surface area contributed by atoms with Gasteiger partial charge in [0.25, 0.3) is 0 Å². The molecule has 0 saturated heterocycles. The average molecular weight is 380 g/mol. The molecular formula is C20H32N2O5. The molecule has 0 aliphatic carbocycles. The lowest BCUT2D eigenvalue weighted by Gasteiger charge is -2.21. The molecule has 0 unspecified atom stereocenters. The molecule has 1 rings (SSSR count). The second-order valence-electron chi connectivity index (χ2n) is 6.36. The highest BCUT2D eigenvalue weighted by Gasteiger charge is 2.27. The van der Waals surface area contributed by atoms with Crippen molar-refractivity contribution in [2.75, 3.05) is 32.9 Å². The summed E-state index contributed by atoms with van der Waals surface area (Å²) < 4.78 is 12.1. The van der Waals surface area contributed by atoms with E-state index in [1.54, 1.807) is 44.2 Å². The summed E-state index contributed by atoms with van der Waals surface area (Å²) in [6, 6.07) is 0. The number of rotatable bonds is 11. The van der Waals surface area contributed by atoms with E-state index in [9.17, 15) is 14.4 Å². The average Bonchev–Trinajstić information content (AvgIpc) is 2.86. The molecule has 0 aliphatic heterocycles. The summed E-state index contributed by atoms with van der Waals surface area (Å²) in [5, 5.41) is 0. The van der Waals surface area contributed by atoms with E-state index in [0.717, 1.165) is 0 Å². The first-order chi connectivity index (χ1) is 12.8. The molecule has 0 saturated carbocycles. The maximum Gasteiger partial charge on any atom is 0.355 e. The Labute approximate surface area is 161 Å². The molecule has 0 fully saturated rings. The van der Waals surface area contributed by atoms with Crippen LogP contribution in [0.1, 0.15) is 65.7 Å². The third kappa shape index (κ3) is 5.66. The predicted octanol–water partition coefficient (Wildman–Crippen LogP) is 2.67. The number of nitrogens with zero attached hydrogens (tertiary/aromatic N) is 2. The van der Waals surface area contributed by atoms with Crippen LogP contribution in [-0.2, 0) is 21.3 Å². The quantitative estimate of drug-likeness (QED) is 0.335. The molecule has 0 aliphatic rings. The standard InChI is InChI=1S/C20H32N2O5/c1-7-17(24)22(11-10-12-26-8-2)13-16(23)18-14(4)19(20(25)27-9-3)21(6)15(18)5/h7-13H2,1-6H3. The van der Waals surface area contributed by atoms with Gasteiger partial charge in [0, 0.05) is 44.5 Å². The van der Waals surface area contributed by atoms with Crippen molar-refractivity contribution < 1.29 is 23.9 Å². The van der Waals surface area contributed by atoms with Gasteiger partial charge in [0.15, 0.2) is 5.78 Å². The Morgan fingerprint density at radius 1 is 1.07 bits per heavy atom. The van der Waals surface area contributed by atoms with E-state index in [4.69, 9.17) is 9.47 Å². The van der Waals surface area contributed by atoms with E-state index in [0.29, 0.717) is 55.1 Å². The molecule has 1 aromatic heterocycles. The van der Waals surface area contributed by atoms with Gasteiger partial charge in [0.2, 0.25) is 5.91 Å². The molecule has 27 heavy (non-hydrogen) atoms. The van der Waals surface area contributed by atoms with E-state index in [1.807, 2.05) is 6.92 Å². The summed E-state index contributed by atoms with van der Waals surface area (Å²) >= 11 is 0. The molecule has 1 amide bonds. The van der Waals surface area contributed by atoms with Crippen molar-refractivity contribution in [2.24, 2.45) is 7.05 Å². The smallest absolute Gasteiger partial charge is 0.355 e. The van der Waals surface area contributed by atoms with Crippen molar-refractivity contribution >= 4 is 17.7 Å². The molecule has 0 bridgehead atoms. The van der Waals surface area contributed by atoms with E-state index in [1.165, 1.54) is 0 Å². The van der Waals surface area contributed by atoms with Gasteiger partial charge in [-0.1, -0.05) is 6.92 Å². The van der Waals surface area contributed by atoms with Crippen LogP contribution in [-0.4, -0.2) is 60.0 Å². The maximum absolute atomic E-state index is 13.0. The third-order valence-electron chi connectivity index (χ3n) is 4.59. The van der Waals surface area contributed by atoms with Gasteiger partial charge in [-0.05, 0) is 39.7 Å². The second kappa shape index (κ2) is 10.9. The first-order valence-corrected chi connectivity index (χ1v) is 9.51. The number of amides is 1. The van der Waals surface area contributed by atoms with Crippen LogP contribution in [0.25, 0.3) is 0 Å². The van der Waals surface area contributed by atoms with E-state index in [2.05, 4.69) is 0 Å². The topological polar surface area (TPSA) is 77.8 Å². The summed E-state index contributed by atoms with van der Waals surface area (Å²) in [7, 11) is 1.74. The summed E-state index contributed by atoms with van der Waals surface area (Å²) in [5.74, 6) is -0.691. The fourth-order valence-corrected chi connectivity index (χ4v) is 3.15. The van der Waals surface area contributed by atoms with Gasteiger partial charge in [-0.3, -0.25) is 9.59 Å². The lowest BCUT2D eigenvalue weighted by atomic mass is 10.0. The maximum atomic E-state index is 13.0. The molecule has 0 aromatic carbocycles. The van der Waals surface area contributed by atoms with Crippen molar-refractivity contribution in [1.82, 2.24) is 9.47 Å². The molecular weight excluding hydrogens is 348 g/mol. The molecule has 0 radical (unpaired) electrons. The summed E-state index contributed by atoms with van der Waals surface area (Å²) in [4.78, 5) is 39.0. The fraction of sp³-hybridized carbons (Fsp3) is 0.650. The number of hydrogen-bond acceptors (Lipinski definition) is 5. The Morgan fingerprint density at radius 3 is 2.30 bits per heavy atom.